The number of halogens is 3. The molecule has 0 unspecified atom stereocenters. The van der Waals surface area contributed by atoms with Crippen LogP contribution in [0.15, 0.2) is 66.9 Å². The van der Waals surface area contributed by atoms with Gasteiger partial charge in [-0.3, -0.25) is 24.0 Å². The van der Waals surface area contributed by atoms with Crippen molar-refractivity contribution in [2.24, 2.45) is 7.05 Å². The minimum Gasteiger partial charge on any atom is -0.346 e. The number of alkyl halides is 3. The summed E-state index contributed by atoms with van der Waals surface area (Å²) in [6.45, 7) is 1.68. The minimum absolute atomic E-state index is 0.0258. The SMILES string of the molecule is Cc1sc(C(=O)N[C@@H](Cc2cccc(C(F)(F)F)c2)CN2C(=O)c3ccccc3C2=O)cc1-c1ccnn1C. The number of thiophene rings is 1. The maximum absolute atomic E-state index is 13.4. The lowest BCUT2D eigenvalue weighted by Crippen LogP contribution is -2.46. The molecule has 0 fully saturated rings. The van der Waals surface area contributed by atoms with Crippen LogP contribution in [0.1, 0.15) is 46.4 Å². The first-order valence-electron chi connectivity index (χ1n) is 12.0. The van der Waals surface area contributed by atoms with Gasteiger partial charge in [0.25, 0.3) is 17.7 Å². The van der Waals surface area contributed by atoms with Gasteiger partial charge in [0.15, 0.2) is 0 Å². The number of carbonyl (C=O) groups excluding carboxylic acids is 3. The van der Waals surface area contributed by atoms with Crippen LogP contribution in [0, 0.1) is 6.92 Å². The van der Waals surface area contributed by atoms with Gasteiger partial charge in [0.2, 0.25) is 0 Å². The molecule has 0 saturated carbocycles. The number of rotatable bonds is 7. The number of hydrogen-bond acceptors (Lipinski definition) is 5. The summed E-state index contributed by atoms with van der Waals surface area (Å²) in [5.74, 6) is -1.47. The molecule has 2 aromatic carbocycles. The Balaban J connectivity index is 1.43. The number of nitrogens with zero attached hydrogens (tertiary/aromatic N) is 3. The van der Waals surface area contributed by atoms with Crippen molar-refractivity contribution in [2.75, 3.05) is 6.54 Å². The second-order valence-electron chi connectivity index (χ2n) is 9.26. The average molecular weight is 553 g/mol. The number of imide groups is 1. The first kappa shape index (κ1) is 26.4. The van der Waals surface area contributed by atoms with Crippen molar-refractivity contribution >= 4 is 29.1 Å². The molecule has 0 aliphatic carbocycles. The zero-order chi connectivity index (χ0) is 27.9. The maximum Gasteiger partial charge on any atom is 0.416 e. The summed E-state index contributed by atoms with van der Waals surface area (Å²) >= 11 is 1.27. The van der Waals surface area contributed by atoms with Gasteiger partial charge in [-0.2, -0.15) is 18.3 Å². The number of fused-ring (bicyclic) bond motifs is 1. The van der Waals surface area contributed by atoms with Crippen LogP contribution in [0.4, 0.5) is 13.2 Å². The van der Waals surface area contributed by atoms with Crippen LogP contribution in [-0.4, -0.2) is 45.0 Å². The molecular formula is C28H23F3N4O3S. The van der Waals surface area contributed by atoms with E-state index in [0.717, 1.165) is 33.2 Å². The smallest absolute Gasteiger partial charge is 0.346 e. The lowest BCUT2D eigenvalue weighted by molar-refractivity contribution is -0.137. The zero-order valence-corrected chi connectivity index (χ0v) is 21.8. The second kappa shape index (κ2) is 10.1. The third kappa shape index (κ3) is 5.22. The molecule has 0 bridgehead atoms. The van der Waals surface area contributed by atoms with Crippen LogP contribution in [-0.2, 0) is 19.6 Å². The van der Waals surface area contributed by atoms with Crippen LogP contribution < -0.4 is 5.32 Å². The van der Waals surface area contributed by atoms with Crippen molar-refractivity contribution in [3.63, 3.8) is 0 Å². The van der Waals surface area contributed by atoms with E-state index in [1.807, 2.05) is 13.0 Å². The van der Waals surface area contributed by atoms with Gasteiger partial charge in [0, 0.05) is 30.2 Å². The summed E-state index contributed by atoms with van der Waals surface area (Å²) in [5, 5.41) is 7.02. The molecular weight excluding hydrogens is 529 g/mol. The maximum atomic E-state index is 13.4. The molecule has 11 heteroatoms. The first-order valence-corrected chi connectivity index (χ1v) is 12.9. The molecule has 1 N–H and O–H groups in total. The molecule has 1 atom stereocenters. The molecule has 1 aliphatic heterocycles. The minimum atomic E-state index is -4.53. The van der Waals surface area contributed by atoms with Gasteiger partial charge in [-0.25, -0.2) is 0 Å². The van der Waals surface area contributed by atoms with Crippen molar-refractivity contribution in [1.82, 2.24) is 20.0 Å². The van der Waals surface area contributed by atoms with Crippen molar-refractivity contribution in [3.05, 3.63) is 98.9 Å². The van der Waals surface area contributed by atoms with Crippen LogP contribution in [0.2, 0.25) is 0 Å². The predicted molar refractivity (Wildman–Crippen MR) is 139 cm³/mol. The van der Waals surface area contributed by atoms with Crippen molar-refractivity contribution in [2.45, 2.75) is 25.6 Å². The van der Waals surface area contributed by atoms with Crippen molar-refractivity contribution in [1.29, 1.82) is 0 Å². The molecule has 2 aromatic heterocycles. The Morgan fingerprint density at radius 3 is 2.31 bits per heavy atom. The van der Waals surface area contributed by atoms with E-state index in [2.05, 4.69) is 10.4 Å². The van der Waals surface area contributed by atoms with Gasteiger partial charge in [-0.15, -0.1) is 11.3 Å². The first-order chi connectivity index (χ1) is 18.5. The number of nitrogens with one attached hydrogen (secondary N) is 1. The van der Waals surface area contributed by atoms with Crippen LogP contribution >= 0.6 is 11.3 Å². The lowest BCUT2D eigenvalue weighted by Gasteiger charge is -2.24. The summed E-state index contributed by atoms with van der Waals surface area (Å²) in [5.41, 5.74) is 1.65. The zero-order valence-electron chi connectivity index (χ0n) is 21.0. The Morgan fingerprint density at radius 2 is 1.69 bits per heavy atom. The molecule has 39 heavy (non-hydrogen) atoms. The molecule has 0 radical (unpaired) electrons. The van der Waals surface area contributed by atoms with Gasteiger partial charge in [-0.05, 0) is 49.2 Å². The fourth-order valence-corrected chi connectivity index (χ4v) is 5.62. The Kier molecular flexibility index (Phi) is 6.85. The second-order valence-corrected chi connectivity index (χ2v) is 10.5. The van der Waals surface area contributed by atoms with Gasteiger partial charge < -0.3 is 5.32 Å². The van der Waals surface area contributed by atoms with E-state index < -0.39 is 35.5 Å². The van der Waals surface area contributed by atoms with E-state index in [9.17, 15) is 27.6 Å². The standard InChI is InChI=1S/C28H23F3N4O3S/c1-16-22(23-10-11-32-34(23)2)14-24(39-16)25(36)33-19(13-17-6-5-7-18(12-17)28(29,30)31)15-35-26(37)20-8-3-4-9-21(20)27(35)38/h3-12,14,19H,13,15H2,1-2H3,(H,33,36)/t19-/m0/s1. The van der Waals surface area contributed by atoms with Gasteiger partial charge in [0.1, 0.15) is 0 Å². The molecule has 5 rings (SSSR count). The average Bonchev–Trinajstić information content (AvgIpc) is 3.56. The highest BCUT2D eigenvalue weighted by Crippen LogP contribution is 2.32. The number of amides is 3. The van der Waals surface area contributed by atoms with Crippen LogP contribution in [0.25, 0.3) is 11.3 Å². The highest BCUT2D eigenvalue weighted by Gasteiger charge is 2.37. The highest BCUT2D eigenvalue weighted by atomic mass is 32.1. The Labute approximate surface area is 225 Å². The van der Waals surface area contributed by atoms with E-state index in [-0.39, 0.29) is 24.1 Å². The summed E-state index contributed by atoms with van der Waals surface area (Å²) < 4.78 is 41.7. The Hall–Kier alpha value is -4.25. The van der Waals surface area contributed by atoms with E-state index in [4.69, 9.17) is 0 Å². The molecule has 4 aromatic rings. The monoisotopic (exact) mass is 552 g/mol. The number of aromatic nitrogens is 2. The molecule has 7 nitrogen and oxygen atoms in total. The molecule has 200 valence electrons. The number of benzene rings is 2. The molecule has 3 amide bonds. The Bertz CT molecular complexity index is 1560. The van der Waals surface area contributed by atoms with Gasteiger partial charge in [-0.1, -0.05) is 30.3 Å². The van der Waals surface area contributed by atoms with Crippen LogP contribution in [0.3, 0.4) is 0 Å². The summed E-state index contributed by atoms with van der Waals surface area (Å²) in [7, 11) is 1.79. The normalized spacial score (nSPS) is 14.0. The number of aryl methyl sites for hydroxylation is 2. The van der Waals surface area contributed by atoms with E-state index in [1.165, 1.54) is 23.5 Å². The van der Waals surface area contributed by atoms with E-state index in [0.29, 0.717) is 10.4 Å². The summed E-state index contributed by atoms with van der Waals surface area (Å²) in [6, 6.07) is 13.9. The molecule has 1 aliphatic rings. The summed E-state index contributed by atoms with van der Waals surface area (Å²) in [4.78, 5) is 41.6. The Morgan fingerprint density at radius 1 is 1.00 bits per heavy atom. The van der Waals surface area contributed by atoms with Crippen molar-refractivity contribution < 1.29 is 27.6 Å². The quantitative estimate of drug-likeness (QED) is 0.323. The number of hydrogen-bond donors (Lipinski definition) is 1. The third-order valence-electron chi connectivity index (χ3n) is 6.59. The van der Waals surface area contributed by atoms with Crippen molar-refractivity contribution in [3.8, 4) is 11.3 Å². The highest BCUT2D eigenvalue weighted by molar-refractivity contribution is 7.14. The predicted octanol–water partition coefficient (Wildman–Crippen LogP) is 5.11. The van der Waals surface area contributed by atoms with Crippen LogP contribution in [0.5, 0.6) is 0 Å². The topological polar surface area (TPSA) is 84.3 Å². The molecule has 0 saturated heterocycles. The summed E-state index contributed by atoms with van der Waals surface area (Å²) in [6.07, 6.45) is -2.91. The molecule has 3 heterocycles. The fraction of sp³-hybridized carbons (Fsp3) is 0.214. The van der Waals surface area contributed by atoms with Gasteiger partial charge >= 0.3 is 6.18 Å². The fourth-order valence-electron chi connectivity index (χ4n) is 4.69. The largest absolute Gasteiger partial charge is 0.416 e. The van der Waals surface area contributed by atoms with Gasteiger partial charge in [0.05, 0.1) is 33.3 Å². The lowest BCUT2D eigenvalue weighted by atomic mass is 10.0. The molecule has 0 spiro atoms. The third-order valence-corrected chi connectivity index (χ3v) is 7.64. The van der Waals surface area contributed by atoms with E-state index >= 15 is 0 Å². The number of carbonyl (C=O) groups is 3. The van der Waals surface area contributed by atoms with E-state index in [1.54, 1.807) is 48.3 Å².